The van der Waals surface area contributed by atoms with E-state index in [-0.39, 0.29) is 5.91 Å². The Bertz CT molecular complexity index is 396. The van der Waals surface area contributed by atoms with Crippen LogP contribution in [0.3, 0.4) is 0 Å². The van der Waals surface area contributed by atoms with Crippen LogP contribution < -0.4 is 5.73 Å². The summed E-state index contributed by atoms with van der Waals surface area (Å²) in [6.45, 7) is 3.27. The first-order chi connectivity index (χ1) is 8.08. The minimum absolute atomic E-state index is 0.0464. The molecule has 1 aliphatic rings. The summed E-state index contributed by atoms with van der Waals surface area (Å²) < 4.78 is 2.96. The second kappa shape index (κ2) is 5.18. The molecule has 1 aromatic heterocycles. The fourth-order valence-corrected chi connectivity index (χ4v) is 2.45. The molecule has 17 heavy (non-hydrogen) atoms. The minimum atomic E-state index is -0.398. The van der Waals surface area contributed by atoms with Crippen molar-refractivity contribution in [3.8, 4) is 0 Å². The zero-order chi connectivity index (χ0) is 12.4. The fraction of sp³-hybridized carbons (Fsp3) is 0.636. The Labute approximate surface area is 109 Å². The van der Waals surface area contributed by atoms with E-state index in [1.807, 2.05) is 15.8 Å². The molecule has 0 unspecified atom stereocenters. The van der Waals surface area contributed by atoms with Crippen LogP contribution in [0.1, 0.15) is 25.8 Å². The maximum atomic E-state index is 11.7. The minimum Gasteiger partial charge on any atom is -0.341 e. The Balaban J connectivity index is 1.92. The van der Waals surface area contributed by atoms with Gasteiger partial charge in [0.15, 0.2) is 0 Å². The standard InChI is InChI=1S/C11H17BrN4O/c1-8(13)11(17)15-4-2-10(3-5-15)16-7-9(12)6-14-16/h6-8,10H,2-5,13H2,1H3/t8-/m1/s1. The monoisotopic (exact) mass is 300 g/mol. The lowest BCUT2D eigenvalue weighted by molar-refractivity contribution is -0.133. The summed E-state index contributed by atoms with van der Waals surface area (Å²) in [5.41, 5.74) is 5.60. The summed E-state index contributed by atoms with van der Waals surface area (Å²) in [6.07, 6.45) is 5.65. The van der Waals surface area contributed by atoms with Gasteiger partial charge in [-0.15, -0.1) is 0 Å². The number of hydrogen-bond donors (Lipinski definition) is 1. The van der Waals surface area contributed by atoms with Crippen LogP contribution in [0.4, 0.5) is 0 Å². The highest BCUT2D eigenvalue weighted by atomic mass is 79.9. The molecular weight excluding hydrogens is 284 g/mol. The molecule has 1 aromatic rings. The van der Waals surface area contributed by atoms with Crippen LogP contribution in [-0.2, 0) is 4.79 Å². The lowest BCUT2D eigenvalue weighted by atomic mass is 10.0. The molecule has 0 aromatic carbocycles. The van der Waals surface area contributed by atoms with E-state index in [0.717, 1.165) is 30.4 Å². The van der Waals surface area contributed by atoms with Gasteiger partial charge in [-0.1, -0.05) is 0 Å². The first-order valence-corrected chi connectivity index (χ1v) is 6.61. The number of likely N-dealkylation sites (tertiary alicyclic amines) is 1. The van der Waals surface area contributed by atoms with Gasteiger partial charge in [0.2, 0.25) is 5.91 Å². The van der Waals surface area contributed by atoms with Gasteiger partial charge in [0.05, 0.1) is 22.8 Å². The Morgan fingerprint density at radius 2 is 2.24 bits per heavy atom. The Morgan fingerprint density at radius 1 is 1.59 bits per heavy atom. The van der Waals surface area contributed by atoms with Gasteiger partial charge in [0.25, 0.3) is 0 Å². The van der Waals surface area contributed by atoms with Gasteiger partial charge in [-0.05, 0) is 35.7 Å². The predicted octanol–water partition coefficient (Wildman–Crippen LogP) is 1.16. The van der Waals surface area contributed by atoms with Gasteiger partial charge in [-0.3, -0.25) is 9.48 Å². The molecule has 0 spiro atoms. The number of rotatable bonds is 2. The van der Waals surface area contributed by atoms with E-state index < -0.39 is 6.04 Å². The predicted molar refractivity (Wildman–Crippen MR) is 68.4 cm³/mol. The van der Waals surface area contributed by atoms with Crippen LogP contribution in [-0.4, -0.2) is 39.7 Å². The largest absolute Gasteiger partial charge is 0.341 e. The number of carbonyl (C=O) groups excluding carboxylic acids is 1. The number of nitrogens with two attached hydrogens (primary N) is 1. The Kier molecular flexibility index (Phi) is 3.83. The molecule has 6 heteroatoms. The molecule has 1 fully saturated rings. The highest BCUT2D eigenvalue weighted by molar-refractivity contribution is 9.10. The van der Waals surface area contributed by atoms with E-state index in [0.29, 0.717) is 6.04 Å². The number of halogens is 1. The molecule has 94 valence electrons. The third-order valence-corrected chi connectivity index (χ3v) is 3.52. The van der Waals surface area contributed by atoms with E-state index in [2.05, 4.69) is 21.0 Å². The van der Waals surface area contributed by atoms with E-state index >= 15 is 0 Å². The van der Waals surface area contributed by atoms with Crippen molar-refractivity contribution in [2.45, 2.75) is 31.8 Å². The quantitative estimate of drug-likeness (QED) is 0.891. The van der Waals surface area contributed by atoms with Crippen molar-refractivity contribution in [3.63, 3.8) is 0 Å². The highest BCUT2D eigenvalue weighted by Crippen LogP contribution is 2.23. The van der Waals surface area contributed by atoms with E-state index in [1.165, 1.54) is 0 Å². The van der Waals surface area contributed by atoms with Crippen molar-refractivity contribution in [1.82, 2.24) is 14.7 Å². The molecule has 2 rings (SSSR count). The van der Waals surface area contributed by atoms with Gasteiger partial charge >= 0.3 is 0 Å². The van der Waals surface area contributed by atoms with Crippen molar-refractivity contribution < 1.29 is 4.79 Å². The Hall–Kier alpha value is -0.880. The number of carbonyl (C=O) groups is 1. The lowest BCUT2D eigenvalue weighted by Crippen LogP contribution is -2.46. The van der Waals surface area contributed by atoms with Gasteiger partial charge < -0.3 is 10.6 Å². The summed E-state index contributed by atoms with van der Waals surface area (Å²) in [6, 6.07) is -0.0103. The molecule has 5 nitrogen and oxygen atoms in total. The van der Waals surface area contributed by atoms with Crippen LogP contribution in [0.5, 0.6) is 0 Å². The zero-order valence-corrected chi connectivity index (χ0v) is 11.4. The number of aromatic nitrogens is 2. The maximum absolute atomic E-state index is 11.7. The number of hydrogen-bond acceptors (Lipinski definition) is 3. The van der Waals surface area contributed by atoms with Gasteiger partial charge in [-0.25, -0.2) is 0 Å². The number of piperidine rings is 1. The molecule has 2 heterocycles. The number of nitrogens with zero attached hydrogens (tertiary/aromatic N) is 3. The topological polar surface area (TPSA) is 64.2 Å². The molecule has 0 aliphatic carbocycles. The van der Waals surface area contributed by atoms with Crippen molar-refractivity contribution >= 4 is 21.8 Å². The summed E-state index contributed by atoms with van der Waals surface area (Å²) in [4.78, 5) is 13.6. The summed E-state index contributed by atoms with van der Waals surface area (Å²) in [5.74, 6) is 0.0464. The number of amides is 1. The summed E-state index contributed by atoms with van der Waals surface area (Å²) in [5, 5.41) is 4.29. The van der Waals surface area contributed by atoms with Crippen LogP contribution in [0, 0.1) is 0 Å². The second-order valence-electron chi connectivity index (χ2n) is 4.48. The third-order valence-electron chi connectivity index (χ3n) is 3.11. The highest BCUT2D eigenvalue weighted by Gasteiger charge is 2.25. The van der Waals surface area contributed by atoms with Crippen molar-refractivity contribution in [3.05, 3.63) is 16.9 Å². The van der Waals surface area contributed by atoms with E-state index in [1.54, 1.807) is 13.1 Å². The van der Waals surface area contributed by atoms with Crippen LogP contribution in [0.15, 0.2) is 16.9 Å². The van der Waals surface area contributed by atoms with Crippen LogP contribution in [0.2, 0.25) is 0 Å². The smallest absolute Gasteiger partial charge is 0.239 e. The average Bonchev–Trinajstić information content (AvgIpc) is 2.75. The lowest BCUT2D eigenvalue weighted by Gasteiger charge is -2.33. The normalized spacial score (nSPS) is 19.4. The molecule has 0 bridgehead atoms. The van der Waals surface area contributed by atoms with Gasteiger partial charge in [0, 0.05) is 19.3 Å². The van der Waals surface area contributed by atoms with E-state index in [4.69, 9.17) is 5.73 Å². The van der Waals surface area contributed by atoms with Crippen LogP contribution >= 0.6 is 15.9 Å². The van der Waals surface area contributed by atoms with Crippen molar-refractivity contribution in [2.75, 3.05) is 13.1 Å². The molecule has 1 aliphatic heterocycles. The average molecular weight is 301 g/mol. The molecule has 0 radical (unpaired) electrons. The Morgan fingerprint density at radius 3 is 2.71 bits per heavy atom. The zero-order valence-electron chi connectivity index (χ0n) is 9.84. The SMILES string of the molecule is C[C@@H](N)C(=O)N1CCC(n2cc(Br)cn2)CC1. The van der Waals surface area contributed by atoms with E-state index in [9.17, 15) is 4.79 Å². The second-order valence-corrected chi connectivity index (χ2v) is 5.40. The third kappa shape index (κ3) is 2.87. The molecular formula is C11H17BrN4O. The summed E-state index contributed by atoms with van der Waals surface area (Å²) in [7, 11) is 0. The molecule has 1 saturated heterocycles. The fourth-order valence-electron chi connectivity index (χ4n) is 2.15. The van der Waals surface area contributed by atoms with Crippen molar-refractivity contribution in [2.24, 2.45) is 5.73 Å². The van der Waals surface area contributed by atoms with Crippen molar-refractivity contribution in [1.29, 1.82) is 0 Å². The van der Waals surface area contributed by atoms with Gasteiger partial charge in [-0.2, -0.15) is 5.10 Å². The molecule has 1 atom stereocenters. The summed E-state index contributed by atoms with van der Waals surface area (Å²) >= 11 is 3.39. The first-order valence-electron chi connectivity index (χ1n) is 5.82. The van der Waals surface area contributed by atoms with Gasteiger partial charge in [0.1, 0.15) is 0 Å². The molecule has 0 saturated carbocycles. The first kappa shape index (κ1) is 12.6. The maximum Gasteiger partial charge on any atom is 0.239 e. The molecule has 2 N–H and O–H groups in total. The molecule has 1 amide bonds. The van der Waals surface area contributed by atoms with Crippen LogP contribution in [0.25, 0.3) is 0 Å².